The summed E-state index contributed by atoms with van der Waals surface area (Å²) >= 11 is 0. The van der Waals surface area contributed by atoms with Gasteiger partial charge >= 0.3 is 0 Å². The number of likely N-dealkylation sites (N-methyl/N-ethyl adjacent to an activating group) is 1. The van der Waals surface area contributed by atoms with Gasteiger partial charge in [0.15, 0.2) is 0 Å². The number of hydrogen-bond acceptors (Lipinski definition) is 2. The first-order valence-electron chi connectivity index (χ1n) is 7.43. The lowest BCUT2D eigenvalue weighted by atomic mass is 10.1. The Kier molecular flexibility index (Phi) is 5.21. The molecular weight excluding hydrogens is 274 g/mol. The van der Waals surface area contributed by atoms with Crippen LogP contribution < -0.4 is 4.74 Å². The van der Waals surface area contributed by atoms with E-state index in [2.05, 4.69) is 19.1 Å². The van der Waals surface area contributed by atoms with Crippen molar-refractivity contribution >= 4 is 5.91 Å². The third-order valence-electron chi connectivity index (χ3n) is 3.92. The molecule has 0 aliphatic rings. The predicted octanol–water partition coefficient (Wildman–Crippen LogP) is 3.51. The summed E-state index contributed by atoms with van der Waals surface area (Å²) < 4.78 is 5.31. The van der Waals surface area contributed by atoms with E-state index in [-0.39, 0.29) is 5.91 Å². The zero-order valence-corrected chi connectivity index (χ0v) is 13.7. The number of carbonyl (C=O) groups excluding carboxylic acids is 1. The second kappa shape index (κ2) is 7.12. The molecular formula is C19H23NO2. The maximum atomic E-state index is 12.4. The Morgan fingerprint density at radius 2 is 1.82 bits per heavy atom. The average molecular weight is 297 g/mol. The number of benzene rings is 2. The van der Waals surface area contributed by atoms with Gasteiger partial charge in [0.1, 0.15) is 5.75 Å². The number of carbonyl (C=O) groups is 1. The van der Waals surface area contributed by atoms with Gasteiger partial charge in [0, 0.05) is 13.6 Å². The second-order valence-corrected chi connectivity index (χ2v) is 5.66. The molecule has 0 unspecified atom stereocenters. The van der Waals surface area contributed by atoms with Crippen LogP contribution in [0, 0.1) is 13.8 Å². The molecule has 0 N–H and O–H groups in total. The van der Waals surface area contributed by atoms with Gasteiger partial charge in [-0.05, 0) is 42.2 Å². The van der Waals surface area contributed by atoms with Crippen LogP contribution in [-0.2, 0) is 17.8 Å². The minimum atomic E-state index is 0.106. The lowest BCUT2D eigenvalue weighted by molar-refractivity contribution is -0.129. The zero-order valence-electron chi connectivity index (χ0n) is 13.7. The van der Waals surface area contributed by atoms with Gasteiger partial charge in [-0.1, -0.05) is 36.4 Å². The quantitative estimate of drug-likeness (QED) is 0.845. The van der Waals surface area contributed by atoms with Crippen LogP contribution in [0.3, 0.4) is 0 Å². The Balaban J connectivity index is 2.04. The van der Waals surface area contributed by atoms with Gasteiger partial charge in [0.05, 0.1) is 13.5 Å². The first-order valence-corrected chi connectivity index (χ1v) is 7.43. The van der Waals surface area contributed by atoms with Crippen molar-refractivity contribution in [3.63, 3.8) is 0 Å². The lowest BCUT2D eigenvalue weighted by Crippen LogP contribution is -2.28. The summed E-state index contributed by atoms with van der Waals surface area (Å²) in [5.74, 6) is 0.931. The van der Waals surface area contributed by atoms with E-state index in [0.29, 0.717) is 13.0 Å². The number of aryl methyl sites for hydroxylation is 2. The Hall–Kier alpha value is -2.29. The third-order valence-corrected chi connectivity index (χ3v) is 3.92. The van der Waals surface area contributed by atoms with E-state index in [0.717, 1.165) is 16.9 Å². The fraction of sp³-hybridized carbons (Fsp3) is 0.316. The van der Waals surface area contributed by atoms with Gasteiger partial charge in [-0.15, -0.1) is 0 Å². The van der Waals surface area contributed by atoms with Crippen LogP contribution in [0.1, 0.15) is 22.3 Å². The van der Waals surface area contributed by atoms with Crippen molar-refractivity contribution in [3.05, 3.63) is 64.7 Å². The molecule has 0 heterocycles. The number of hydrogen-bond donors (Lipinski definition) is 0. The minimum Gasteiger partial charge on any atom is -0.496 e. The van der Waals surface area contributed by atoms with Crippen LogP contribution in [0.4, 0.5) is 0 Å². The number of rotatable bonds is 5. The summed E-state index contributed by atoms with van der Waals surface area (Å²) in [7, 11) is 3.50. The largest absolute Gasteiger partial charge is 0.496 e. The van der Waals surface area contributed by atoms with E-state index in [1.165, 1.54) is 11.1 Å². The van der Waals surface area contributed by atoms with E-state index in [1.807, 2.05) is 44.3 Å². The van der Waals surface area contributed by atoms with Gasteiger partial charge in [0.2, 0.25) is 5.91 Å². The van der Waals surface area contributed by atoms with E-state index < -0.39 is 0 Å². The molecule has 0 atom stereocenters. The Morgan fingerprint density at radius 3 is 2.50 bits per heavy atom. The summed E-state index contributed by atoms with van der Waals surface area (Å²) in [6.07, 6.45) is 0.388. The first kappa shape index (κ1) is 16.1. The highest BCUT2D eigenvalue weighted by atomic mass is 16.5. The van der Waals surface area contributed by atoms with Crippen LogP contribution in [0.2, 0.25) is 0 Å². The molecule has 2 rings (SSSR count). The Bertz CT molecular complexity index is 664. The van der Waals surface area contributed by atoms with E-state index >= 15 is 0 Å². The second-order valence-electron chi connectivity index (χ2n) is 5.66. The van der Waals surface area contributed by atoms with Crippen molar-refractivity contribution in [2.75, 3.05) is 14.2 Å². The zero-order chi connectivity index (χ0) is 16.1. The fourth-order valence-corrected chi connectivity index (χ4v) is 2.42. The maximum absolute atomic E-state index is 12.4. The van der Waals surface area contributed by atoms with Crippen LogP contribution in [0.25, 0.3) is 0 Å². The smallest absolute Gasteiger partial charge is 0.227 e. The highest BCUT2D eigenvalue weighted by Crippen LogP contribution is 2.20. The van der Waals surface area contributed by atoms with Crippen LogP contribution in [0.15, 0.2) is 42.5 Å². The number of methoxy groups -OCH3 is 1. The Labute approximate surface area is 132 Å². The molecule has 2 aromatic carbocycles. The molecule has 22 heavy (non-hydrogen) atoms. The molecule has 1 amide bonds. The lowest BCUT2D eigenvalue weighted by Gasteiger charge is -2.19. The molecule has 0 fully saturated rings. The average Bonchev–Trinajstić information content (AvgIpc) is 2.51. The number of amides is 1. The molecule has 0 aliphatic carbocycles. The van der Waals surface area contributed by atoms with E-state index in [9.17, 15) is 4.79 Å². The molecule has 0 spiro atoms. The normalized spacial score (nSPS) is 10.4. The van der Waals surface area contributed by atoms with Crippen LogP contribution in [-0.4, -0.2) is 25.0 Å². The monoisotopic (exact) mass is 297 g/mol. The van der Waals surface area contributed by atoms with Gasteiger partial charge in [0.25, 0.3) is 0 Å². The fourth-order valence-electron chi connectivity index (χ4n) is 2.42. The molecule has 0 aromatic heterocycles. The molecule has 2 aromatic rings. The van der Waals surface area contributed by atoms with E-state index in [1.54, 1.807) is 12.0 Å². The number of nitrogens with zero attached hydrogens (tertiary/aromatic N) is 1. The highest BCUT2D eigenvalue weighted by Gasteiger charge is 2.12. The molecule has 3 heteroatoms. The minimum absolute atomic E-state index is 0.106. The standard InChI is InChI=1S/C19H23NO2/c1-14-7-5-6-8-17(14)13-20(3)19(21)12-16-10-9-15(2)18(11-16)22-4/h5-11H,12-13H2,1-4H3. The topological polar surface area (TPSA) is 29.5 Å². The maximum Gasteiger partial charge on any atom is 0.227 e. The van der Waals surface area contributed by atoms with Crippen molar-refractivity contribution in [2.45, 2.75) is 26.8 Å². The van der Waals surface area contributed by atoms with Crippen LogP contribution in [0.5, 0.6) is 5.75 Å². The van der Waals surface area contributed by atoms with Gasteiger partial charge in [-0.25, -0.2) is 0 Å². The Morgan fingerprint density at radius 1 is 1.09 bits per heavy atom. The molecule has 0 bridgehead atoms. The molecule has 0 saturated heterocycles. The molecule has 0 saturated carbocycles. The highest BCUT2D eigenvalue weighted by molar-refractivity contribution is 5.78. The third kappa shape index (κ3) is 3.88. The molecule has 3 nitrogen and oxygen atoms in total. The van der Waals surface area contributed by atoms with Crippen molar-refractivity contribution in [1.82, 2.24) is 4.90 Å². The van der Waals surface area contributed by atoms with Crippen molar-refractivity contribution in [2.24, 2.45) is 0 Å². The first-order chi connectivity index (χ1) is 10.5. The van der Waals surface area contributed by atoms with Gasteiger partial charge in [-0.3, -0.25) is 4.79 Å². The van der Waals surface area contributed by atoms with Crippen molar-refractivity contribution < 1.29 is 9.53 Å². The summed E-state index contributed by atoms with van der Waals surface area (Å²) in [5, 5.41) is 0. The summed E-state index contributed by atoms with van der Waals surface area (Å²) in [4.78, 5) is 14.2. The summed E-state index contributed by atoms with van der Waals surface area (Å²) in [5.41, 5.74) is 4.44. The summed E-state index contributed by atoms with van der Waals surface area (Å²) in [6, 6.07) is 14.1. The van der Waals surface area contributed by atoms with Crippen molar-refractivity contribution in [1.29, 1.82) is 0 Å². The van der Waals surface area contributed by atoms with Gasteiger partial charge < -0.3 is 9.64 Å². The SMILES string of the molecule is COc1cc(CC(=O)N(C)Cc2ccccc2C)ccc1C. The van der Waals surface area contributed by atoms with Crippen LogP contribution >= 0.6 is 0 Å². The van der Waals surface area contributed by atoms with Gasteiger partial charge in [-0.2, -0.15) is 0 Å². The summed E-state index contributed by atoms with van der Waals surface area (Å²) in [6.45, 7) is 4.70. The number of ether oxygens (including phenoxy) is 1. The molecule has 0 aliphatic heterocycles. The van der Waals surface area contributed by atoms with E-state index in [4.69, 9.17) is 4.74 Å². The molecule has 116 valence electrons. The predicted molar refractivity (Wildman–Crippen MR) is 89.1 cm³/mol. The molecule has 0 radical (unpaired) electrons. The van der Waals surface area contributed by atoms with Crippen molar-refractivity contribution in [3.8, 4) is 5.75 Å².